The van der Waals surface area contributed by atoms with Crippen LogP contribution in [0.3, 0.4) is 0 Å². The number of Topliss-reactive ketones (excluding diaryl/α,β-unsaturated/α-hetero) is 4. The van der Waals surface area contributed by atoms with Crippen LogP contribution >= 0.6 is 0 Å². The third-order valence-electron chi connectivity index (χ3n) is 5.01. The summed E-state index contributed by atoms with van der Waals surface area (Å²) in [7, 11) is 0. The van der Waals surface area contributed by atoms with Gasteiger partial charge >= 0.3 is 0 Å². The van der Waals surface area contributed by atoms with E-state index in [1.54, 1.807) is 50.2 Å². The first-order valence-corrected chi connectivity index (χ1v) is 7.86. The molecule has 0 fully saturated rings. The number of carbonyl (C=O) groups excluding carboxylic acids is 4. The van der Waals surface area contributed by atoms with Crippen molar-refractivity contribution in [2.45, 2.75) is 13.8 Å². The Kier molecular flexibility index (Phi) is 2.94. The highest BCUT2D eigenvalue weighted by Crippen LogP contribution is 2.37. The van der Waals surface area contributed by atoms with Crippen LogP contribution in [0.1, 0.15) is 55.3 Å². The van der Waals surface area contributed by atoms with E-state index in [1.165, 1.54) is 0 Å². The van der Waals surface area contributed by atoms with Crippen LogP contribution in [0.15, 0.2) is 36.4 Å². The zero-order chi connectivity index (χ0) is 17.2. The molecule has 4 rings (SSSR count). The summed E-state index contributed by atoms with van der Waals surface area (Å²) in [4.78, 5) is 49.0. The van der Waals surface area contributed by atoms with Gasteiger partial charge in [-0.15, -0.1) is 0 Å². The van der Waals surface area contributed by atoms with Gasteiger partial charge in [-0.25, -0.2) is 0 Å². The molecule has 2 aromatic carbocycles. The first-order valence-electron chi connectivity index (χ1n) is 7.86. The van der Waals surface area contributed by atoms with Gasteiger partial charge < -0.3 is 0 Å². The van der Waals surface area contributed by atoms with E-state index in [9.17, 15) is 19.2 Å². The summed E-state index contributed by atoms with van der Waals surface area (Å²) >= 11 is 0. The molecular formula is C20H14O4. The van der Waals surface area contributed by atoms with E-state index in [2.05, 4.69) is 0 Å². The van der Waals surface area contributed by atoms with Crippen LogP contribution in [0.2, 0.25) is 0 Å². The number of hydrogen-bond donors (Lipinski definition) is 0. The molecular weight excluding hydrogens is 304 g/mol. The second-order valence-corrected chi connectivity index (χ2v) is 6.39. The third kappa shape index (κ3) is 1.74. The Morgan fingerprint density at radius 3 is 1.96 bits per heavy atom. The second-order valence-electron chi connectivity index (χ2n) is 6.39. The van der Waals surface area contributed by atoms with E-state index in [1.807, 2.05) is 0 Å². The summed E-state index contributed by atoms with van der Waals surface area (Å²) < 4.78 is 0. The molecule has 2 aliphatic carbocycles. The van der Waals surface area contributed by atoms with Crippen molar-refractivity contribution >= 4 is 23.1 Å². The Morgan fingerprint density at radius 2 is 1.21 bits per heavy atom. The first kappa shape index (κ1) is 14.7. The van der Waals surface area contributed by atoms with Crippen molar-refractivity contribution in [2.75, 3.05) is 0 Å². The van der Waals surface area contributed by atoms with E-state index in [0.29, 0.717) is 33.4 Å². The summed E-state index contributed by atoms with van der Waals surface area (Å²) in [5, 5.41) is 0. The number of benzene rings is 2. The zero-order valence-corrected chi connectivity index (χ0v) is 13.3. The number of ketones is 4. The normalized spacial score (nSPS) is 22.1. The van der Waals surface area contributed by atoms with Gasteiger partial charge in [0.25, 0.3) is 0 Å². The van der Waals surface area contributed by atoms with Crippen LogP contribution < -0.4 is 0 Å². The fraction of sp³-hybridized carbons (Fsp3) is 0.200. The lowest BCUT2D eigenvalue weighted by Gasteiger charge is -2.08. The molecule has 2 aliphatic rings. The van der Waals surface area contributed by atoms with Crippen molar-refractivity contribution in [3.8, 4) is 11.1 Å². The molecule has 2 atom stereocenters. The summed E-state index contributed by atoms with van der Waals surface area (Å²) in [6, 6.07) is 10.2. The Balaban J connectivity index is 1.92. The minimum absolute atomic E-state index is 0.167. The molecule has 4 nitrogen and oxygen atoms in total. The van der Waals surface area contributed by atoms with Gasteiger partial charge in [-0.05, 0) is 31.0 Å². The average molecular weight is 318 g/mol. The van der Waals surface area contributed by atoms with Crippen molar-refractivity contribution in [1.29, 1.82) is 0 Å². The molecule has 2 unspecified atom stereocenters. The topological polar surface area (TPSA) is 68.3 Å². The molecule has 0 N–H and O–H groups in total. The van der Waals surface area contributed by atoms with Gasteiger partial charge in [0.1, 0.15) is 0 Å². The van der Waals surface area contributed by atoms with Crippen LogP contribution in [0.25, 0.3) is 11.1 Å². The molecule has 0 aromatic heterocycles. The van der Waals surface area contributed by atoms with Crippen molar-refractivity contribution in [3.63, 3.8) is 0 Å². The first-order chi connectivity index (χ1) is 11.4. The molecule has 0 radical (unpaired) electrons. The Hall–Kier alpha value is -2.88. The molecule has 0 saturated heterocycles. The van der Waals surface area contributed by atoms with E-state index in [-0.39, 0.29) is 23.1 Å². The lowest BCUT2D eigenvalue weighted by Crippen LogP contribution is -2.10. The monoisotopic (exact) mass is 318 g/mol. The molecule has 0 aliphatic heterocycles. The van der Waals surface area contributed by atoms with E-state index in [4.69, 9.17) is 0 Å². The molecule has 24 heavy (non-hydrogen) atoms. The summed E-state index contributed by atoms with van der Waals surface area (Å²) in [6.45, 7) is 3.22. The van der Waals surface area contributed by atoms with Gasteiger partial charge in [0, 0.05) is 22.3 Å². The number of hydrogen-bond acceptors (Lipinski definition) is 4. The third-order valence-corrected chi connectivity index (χ3v) is 5.01. The van der Waals surface area contributed by atoms with Gasteiger partial charge in [-0.1, -0.05) is 30.3 Å². The van der Waals surface area contributed by atoms with Gasteiger partial charge in [-0.2, -0.15) is 0 Å². The Labute approximate surface area is 138 Å². The minimum Gasteiger partial charge on any atom is -0.293 e. The van der Waals surface area contributed by atoms with Crippen molar-refractivity contribution in [3.05, 3.63) is 58.7 Å². The van der Waals surface area contributed by atoms with Gasteiger partial charge in [0.15, 0.2) is 23.1 Å². The SMILES string of the molecule is CC1C(=O)c2ccc(-c3cccc4c3C(=O)C(C)C4=O)cc2C1=O. The maximum absolute atomic E-state index is 12.5. The van der Waals surface area contributed by atoms with E-state index in [0.717, 1.165) is 0 Å². The lowest BCUT2D eigenvalue weighted by molar-refractivity contribution is 0.0837. The molecule has 0 heterocycles. The van der Waals surface area contributed by atoms with Crippen LogP contribution in [0, 0.1) is 11.8 Å². The predicted octanol–water partition coefficient (Wildman–Crippen LogP) is 3.38. The van der Waals surface area contributed by atoms with Crippen LogP contribution in [-0.2, 0) is 0 Å². The molecule has 0 saturated carbocycles. The number of carbonyl (C=O) groups is 4. The molecule has 0 amide bonds. The smallest absolute Gasteiger partial charge is 0.174 e. The van der Waals surface area contributed by atoms with Crippen molar-refractivity contribution in [1.82, 2.24) is 0 Å². The van der Waals surface area contributed by atoms with E-state index >= 15 is 0 Å². The highest BCUT2D eigenvalue weighted by Gasteiger charge is 2.38. The minimum atomic E-state index is -0.668. The molecule has 0 spiro atoms. The zero-order valence-electron chi connectivity index (χ0n) is 13.3. The molecule has 4 heteroatoms. The lowest BCUT2D eigenvalue weighted by atomic mass is 9.94. The van der Waals surface area contributed by atoms with Crippen molar-refractivity contribution < 1.29 is 19.2 Å². The number of rotatable bonds is 1. The van der Waals surface area contributed by atoms with Crippen molar-refractivity contribution in [2.24, 2.45) is 11.8 Å². The Morgan fingerprint density at radius 1 is 0.625 bits per heavy atom. The summed E-state index contributed by atoms with van der Waals surface area (Å²) in [5.74, 6) is -2.04. The van der Waals surface area contributed by atoms with Gasteiger partial charge in [0.05, 0.1) is 11.8 Å². The molecule has 0 bridgehead atoms. The van der Waals surface area contributed by atoms with E-state index < -0.39 is 11.8 Å². The Bertz CT molecular complexity index is 968. The van der Waals surface area contributed by atoms with Crippen LogP contribution in [-0.4, -0.2) is 23.1 Å². The summed E-state index contributed by atoms with van der Waals surface area (Å²) in [6.07, 6.45) is 0. The maximum atomic E-state index is 12.5. The fourth-order valence-corrected chi connectivity index (χ4v) is 3.55. The highest BCUT2D eigenvalue weighted by molar-refractivity contribution is 6.29. The van der Waals surface area contributed by atoms with Gasteiger partial charge in [-0.3, -0.25) is 19.2 Å². The average Bonchev–Trinajstić information content (AvgIpc) is 2.96. The predicted molar refractivity (Wildman–Crippen MR) is 87.5 cm³/mol. The summed E-state index contributed by atoms with van der Waals surface area (Å²) in [5.41, 5.74) is 2.99. The van der Waals surface area contributed by atoms with Crippen LogP contribution in [0.4, 0.5) is 0 Å². The highest BCUT2D eigenvalue weighted by atomic mass is 16.2. The fourth-order valence-electron chi connectivity index (χ4n) is 3.55. The largest absolute Gasteiger partial charge is 0.293 e. The van der Waals surface area contributed by atoms with Crippen LogP contribution in [0.5, 0.6) is 0 Å². The number of fused-ring (bicyclic) bond motifs is 2. The van der Waals surface area contributed by atoms with Gasteiger partial charge in [0.2, 0.25) is 0 Å². The molecule has 2 aromatic rings. The second kappa shape index (κ2) is 4.81. The standard InChI is InChI=1S/C20H14O4/c1-9-17(21)13-7-6-11(8-15(13)19(9)23)12-4-3-5-14-16(12)20(24)10(2)18(14)22/h3-10H,1-2H3. The quantitative estimate of drug-likeness (QED) is 0.756. The maximum Gasteiger partial charge on any atom is 0.174 e. The molecule has 118 valence electrons.